The number of carbonyl (C=O) groups is 2. The molecule has 1 aromatic heterocycles. The van der Waals surface area contributed by atoms with Crippen LogP contribution in [0.1, 0.15) is 49.1 Å². The second-order valence-corrected chi connectivity index (χ2v) is 8.27. The van der Waals surface area contributed by atoms with Gasteiger partial charge in [0.2, 0.25) is 11.8 Å². The summed E-state index contributed by atoms with van der Waals surface area (Å²) >= 11 is 0. The van der Waals surface area contributed by atoms with E-state index in [0.717, 1.165) is 55.6 Å². The second kappa shape index (κ2) is 7.94. The fraction of sp³-hybridized carbons (Fsp3) is 0.591. The molecule has 2 fully saturated rings. The Balaban J connectivity index is 1.29. The molecule has 2 aliphatic rings. The molecule has 0 unspecified atom stereocenters. The summed E-state index contributed by atoms with van der Waals surface area (Å²) in [6, 6.07) is 4.15. The van der Waals surface area contributed by atoms with Crippen molar-refractivity contribution < 1.29 is 9.59 Å². The molecule has 2 aromatic rings. The molecule has 1 N–H and O–H groups in total. The SMILES string of the molecule is Cc1ccc2[nH]c(CCC(=O)N3CCC(C(=O)N4CCCC4)CC3)nc2c1C. The molecular formula is C22H30N4O2. The molecule has 2 saturated heterocycles. The van der Waals surface area contributed by atoms with Crippen LogP contribution in [0.2, 0.25) is 0 Å². The molecule has 0 saturated carbocycles. The Morgan fingerprint density at radius 2 is 1.79 bits per heavy atom. The van der Waals surface area contributed by atoms with Gasteiger partial charge in [0.05, 0.1) is 11.0 Å². The number of amides is 2. The molecule has 6 heteroatoms. The molecule has 2 amide bonds. The maximum absolute atomic E-state index is 12.6. The second-order valence-electron chi connectivity index (χ2n) is 8.27. The van der Waals surface area contributed by atoms with Crippen molar-refractivity contribution in [1.29, 1.82) is 0 Å². The van der Waals surface area contributed by atoms with E-state index in [0.29, 0.717) is 31.8 Å². The minimum atomic E-state index is 0.101. The average Bonchev–Trinajstić information content (AvgIpc) is 3.39. The number of imidazole rings is 1. The van der Waals surface area contributed by atoms with Gasteiger partial charge in [-0.2, -0.15) is 0 Å². The Kier molecular flexibility index (Phi) is 5.38. The van der Waals surface area contributed by atoms with Gasteiger partial charge in [-0.3, -0.25) is 9.59 Å². The van der Waals surface area contributed by atoms with Crippen molar-refractivity contribution in [2.75, 3.05) is 26.2 Å². The van der Waals surface area contributed by atoms with Crippen LogP contribution in [0.15, 0.2) is 12.1 Å². The highest BCUT2D eigenvalue weighted by atomic mass is 16.2. The Morgan fingerprint density at radius 1 is 1.07 bits per heavy atom. The third-order valence-corrected chi connectivity index (χ3v) is 6.42. The van der Waals surface area contributed by atoms with E-state index in [1.165, 1.54) is 11.1 Å². The zero-order valence-corrected chi connectivity index (χ0v) is 17.0. The number of hydrogen-bond donors (Lipinski definition) is 1. The van der Waals surface area contributed by atoms with Gasteiger partial charge in [0.25, 0.3) is 0 Å². The van der Waals surface area contributed by atoms with Crippen LogP contribution in [0.5, 0.6) is 0 Å². The third kappa shape index (κ3) is 3.77. The van der Waals surface area contributed by atoms with Crippen molar-refractivity contribution in [3.8, 4) is 0 Å². The summed E-state index contributed by atoms with van der Waals surface area (Å²) in [5.41, 5.74) is 4.46. The molecule has 28 heavy (non-hydrogen) atoms. The Morgan fingerprint density at radius 3 is 2.50 bits per heavy atom. The van der Waals surface area contributed by atoms with Gasteiger partial charge in [-0.05, 0) is 56.7 Å². The van der Waals surface area contributed by atoms with Crippen LogP contribution in [-0.4, -0.2) is 57.8 Å². The number of aromatic amines is 1. The number of hydrogen-bond acceptors (Lipinski definition) is 3. The number of fused-ring (bicyclic) bond motifs is 1. The van der Waals surface area contributed by atoms with Crippen LogP contribution in [0.3, 0.4) is 0 Å². The highest BCUT2D eigenvalue weighted by Gasteiger charge is 2.31. The molecule has 1 aromatic carbocycles. The van der Waals surface area contributed by atoms with Crippen LogP contribution >= 0.6 is 0 Å². The first-order valence-electron chi connectivity index (χ1n) is 10.5. The summed E-state index contributed by atoms with van der Waals surface area (Å²) in [5.74, 6) is 1.44. The maximum Gasteiger partial charge on any atom is 0.225 e. The van der Waals surface area contributed by atoms with Gasteiger partial charge in [-0.25, -0.2) is 4.98 Å². The summed E-state index contributed by atoms with van der Waals surface area (Å²) < 4.78 is 0. The van der Waals surface area contributed by atoms with Crippen LogP contribution in [-0.2, 0) is 16.0 Å². The fourth-order valence-corrected chi connectivity index (χ4v) is 4.44. The first-order valence-corrected chi connectivity index (χ1v) is 10.5. The summed E-state index contributed by atoms with van der Waals surface area (Å²) in [4.78, 5) is 37.1. The molecule has 2 aliphatic heterocycles. The van der Waals surface area contributed by atoms with Gasteiger partial charge in [-0.1, -0.05) is 6.07 Å². The monoisotopic (exact) mass is 382 g/mol. The predicted molar refractivity (Wildman–Crippen MR) is 109 cm³/mol. The van der Waals surface area contributed by atoms with Gasteiger partial charge in [-0.15, -0.1) is 0 Å². The number of H-pyrrole nitrogens is 1. The lowest BCUT2D eigenvalue weighted by Gasteiger charge is -2.33. The van der Waals surface area contributed by atoms with E-state index in [1.807, 2.05) is 9.80 Å². The number of piperidine rings is 1. The Labute approximate surface area is 166 Å². The Hall–Kier alpha value is -2.37. The van der Waals surface area contributed by atoms with E-state index >= 15 is 0 Å². The molecule has 0 radical (unpaired) electrons. The standard InChI is InChI=1S/C22H30N4O2/c1-15-5-6-18-21(16(15)2)24-19(23-18)7-8-20(27)25-13-9-17(10-14-25)22(28)26-11-3-4-12-26/h5-6,17H,3-4,7-14H2,1-2H3,(H,23,24). The van der Waals surface area contributed by atoms with Crippen molar-refractivity contribution in [1.82, 2.24) is 19.8 Å². The molecule has 4 rings (SSSR count). The number of carbonyl (C=O) groups excluding carboxylic acids is 2. The van der Waals surface area contributed by atoms with E-state index in [-0.39, 0.29) is 11.8 Å². The quantitative estimate of drug-likeness (QED) is 0.884. The van der Waals surface area contributed by atoms with Gasteiger partial charge in [0.15, 0.2) is 0 Å². The average molecular weight is 383 g/mol. The highest BCUT2D eigenvalue weighted by molar-refractivity contribution is 5.81. The lowest BCUT2D eigenvalue weighted by molar-refractivity contribution is -0.140. The van der Waals surface area contributed by atoms with Crippen molar-refractivity contribution in [3.05, 3.63) is 29.1 Å². The summed E-state index contributed by atoms with van der Waals surface area (Å²) in [5, 5.41) is 0. The number of aryl methyl sites for hydroxylation is 3. The molecular weight excluding hydrogens is 352 g/mol. The predicted octanol–water partition coefficient (Wildman–Crippen LogP) is 2.97. The maximum atomic E-state index is 12.6. The van der Waals surface area contributed by atoms with Gasteiger partial charge < -0.3 is 14.8 Å². The normalized spacial score (nSPS) is 18.2. The van der Waals surface area contributed by atoms with Crippen LogP contribution in [0.4, 0.5) is 0 Å². The fourth-order valence-electron chi connectivity index (χ4n) is 4.44. The summed E-state index contributed by atoms with van der Waals surface area (Å²) in [7, 11) is 0. The highest BCUT2D eigenvalue weighted by Crippen LogP contribution is 2.23. The van der Waals surface area contributed by atoms with Gasteiger partial charge in [0, 0.05) is 44.9 Å². The summed E-state index contributed by atoms with van der Waals surface area (Å²) in [6.45, 7) is 7.39. The molecule has 0 bridgehead atoms. The number of nitrogens with zero attached hydrogens (tertiary/aromatic N) is 3. The van der Waals surface area contributed by atoms with E-state index in [4.69, 9.17) is 4.98 Å². The van der Waals surface area contributed by atoms with Crippen LogP contribution in [0.25, 0.3) is 11.0 Å². The molecule has 150 valence electrons. The van der Waals surface area contributed by atoms with E-state index < -0.39 is 0 Å². The smallest absolute Gasteiger partial charge is 0.225 e. The van der Waals surface area contributed by atoms with Crippen molar-refractivity contribution in [3.63, 3.8) is 0 Å². The molecule has 3 heterocycles. The lowest BCUT2D eigenvalue weighted by atomic mass is 9.95. The minimum Gasteiger partial charge on any atom is -0.343 e. The first kappa shape index (κ1) is 19.0. The number of benzene rings is 1. The number of aromatic nitrogens is 2. The zero-order chi connectivity index (χ0) is 19.7. The largest absolute Gasteiger partial charge is 0.343 e. The lowest BCUT2D eigenvalue weighted by Crippen LogP contribution is -2.43. The van der Waals surface area contributed by atoms with E-state index in [2.05, 4.69) is 31.0 Å². The molecule has 0 spiro atoms. The minimum absolute atomic E-state index is 0.101. The number of rotatable bonds is 4. The van der Waals surface area contributed by atoms with Gasteiger partial charge >= 0.3 is 0 Å². The third-order valence-electron chi connectivity index (χ3n) is 6.42. The van der Waals surface area contributed by atoms with Crippen molar-refractivity contribution >= 4 is 22.8 Å². The van der Waals surface area contributed by atoms with Crippen LogP contribution < -0.4 is 0 Å². The number of nitrogens with one attached hydrogen (secondary N) is 1. The van der Waals surface area contributed by atoms with Gasteiger partial charge in [0.1, 0.15) is 5.82 Å². The molecule has 0 atom stereocenters. The Bertz CT molecular complexity index is 874. The topological polar surface area (TPSA) is 69.3 Å². The molecule has 0 aliphatic carbocycles. The van der Waals surface area contributed by atoms with Crippen LogP contribution in [0, 0.1) is 19.8 Å². The van der Waals surface area contributed by atoms with Crippen molar-refractivity contribution in [2.45, 2.75) is 52.4 Å². The summed E-state index contributed by atoms with van der Waals surface area (Å²) in [6.07, 6.45) is 4.93. The van der Waals surface area contributed by atoms with E-state index in [1.54, 1.807) is 0 Å². The zero-order valence-electron chi connectivity index (χ0n) is 17.0. The molecule has 6 nitrogen and oxygen atoms in total. The number of likely N-dealkylation sites (tertiary alicyclic amines) is 2. The van der Waals surface area contributed by atoms with Crippen molar-refractivity contribution in [2.24, 2.45) is 5.92 Å². The van der Waals surface area contributed by atoms with E-state index in [9.17, 15) is 9.59 Å². The first-order chi connectivity index (χ1) is 13.5.